The van der Waals surface area contributed by atoms with Crippen molar-refractivity contribution in [1.29, 1.82) is 0 Å². The van der Waals surface area contributed by atoms with E-state index >= 15 is 0 Å². The number of nitrogens with zero attached hydrogens (tertiary/aromatic N) is 2. The number of aryl methyl sites for hydroxylation is 1. The number of esters is 1. The Hall–Kier alpha value is -2.87. The van der Waals surface area contributed by atoms with Gasteiger partial charge in [-0.25, -0.2) is 9.37 Å². The maximum atomic E-state index is 13.2. The maximum absolute atomic E-state index is 13.2. The summed E-state index contributed by atoms with van der Waals surface area (Å²) in [7, 11) is 0. The van der Waals surface area contributed by atoms with Gasteiger partial charge in [-0.15, -0.1) is 11.3 Å². The molecule has 0 fully saturated rings. The first kappa shape index (κ1) is 17.0. The molecular formula is C17H13FN2O4S. The predicted molar refractivity (Wildman–Crippen MR) is 91.2 cm³/mol. The highest BCUT2D eigenvalue weighted by molar-refractivity contribution is 7.18. The van der Waals surface area contributed by atoms with Gasteiger partial charge in [0.25, 0.3) is 0 Å². The van der Waals surface area contributed by atoms with Crippen molar-refractivity contribution in [3.63, 3.8) is 0 Å². The Labute approximate surface area is 146 Å². The molecule has 0 atom stereocenters. The third-order valence-electron chi connectivity index (χ3n) is 3.45. The summed E-state index contributed by atoms with van der Waals surface area (Å²) in [6.07, 6.45) is 1.14. The van der Waals surface area contributed by atoms with Crippen LogP contribution in [0, 0.1) is 15.9 Å². The number of benzene rings is 2. The molecule has 0 radical (unpaired) electrons. The van der Waals surface area contributed by atoms with Crippen LogP contribution in [0.5, 0.6) is 5.75 Å². The molecule has 0 aliphatic carbocycles. The first-order chi connectivity index (χ1) is 12.0. The summed E-state index contributed by atoms with van der Waals surface area (Å²) >= 11 is 1.56. The van der Waals surface area contributed by atoms with Crippen LogP contribution in [0.3, 0.4) is 0 Å². The molecule has 0 aliphatic rings. The Morgan fingerprint density at radius 1 is 1.28 bits per heavy atom. The van der Waals surface area contributed by atoms with E-state index < -0.39 is 22.4 Å². The number of fused-ring (bicyclic) bond motifs is 1. The van der Waals surface area contributed by atoms with Crippen LogP contribution < -0.4 is 4.74 Å². The normalized spacial score (nSPS) is 10.8. The lowest BCUT2D eigenvalue weighted by Gasteiger charge is -2.04. The molecule has 0 saturated carbocycles. The van der Waals surface area contributed by atoms with Crippen LogP contribution in [0.25, 0.3) is 10.2 Å². The van der Waals surface area contributed by atoms with E-state index in [9.17, 15) is 19.3 Å². The Bertz CT molecular complexity index is 908. The van der Waals surface area contributed by atoms with Crippen LogP contribution in [-0.4, -0.2) is 15.9 Å². The highest BCUT2D eigenvalue weighted by atomic mass is 32.1. The molecule has 25 heavy (non-hydrogen) atoms. The summed E-state index contributed by atoms with van der Waals surface area (Å²) in [4.78, 5) is 26.5. The number of rotatable bonds is 6. The molecule has 8 heteroatoms. The molecule has 1 aromatic heterocycles. The number of hydrogen-bond acceptors (Lipinski definition) is 6. The second kappa shape index (κ2) is 7.35. The summed E-state index contributed by atoms with van der Waals surface area (Å²) in [5.74, 6) is -1.73. The van der Waals surface area contributed by atoms with E-state index in [4.69, 9.17) is 4.74 Å². The molecule has 0 saturated heterocycles. The van der Waals surface area contributed by atoms with Crippen molar-refractivity contribution in [3.8, 4) is 5.75 Å². The number of nitro benzene ring substituents is 1. The van der Waals surface area contributed by atoms with Gasteiger partial charge in [0.2, 0.25) is 5.75 Å². The van der Waals surface area contributed by atoms with Crippen molar-refractivity contribution in [3.05, 3.63) is 63.4 Å². The van der Waals surface area contributed by atoms with E-state index in [-0.39, 0.29) is 12.2 Å². The lowest BCUT2D eigenvalue weighted by molar-refractivity contribution is -0.385. The van der Waals surface area contributed by atoms with Crippen molar-refractivity contribution in [2.24, 2.45) is 0 Å². The maximum Gasteiger partial charge on any atom is 0.311 e. The van der Waals surface area contributed by atoms with Gasteiger partial charge in [-0.3, -0.25) is 14.9 Å². The number of aromatic nitrogens is 1. The molecule has 6 nitrogen and oxygen atoms in total. The third-order valence-corrected chi connectivity index (χ3v) is 4.55. The standard InChI is InChI=1S/C17H13FN2O4S/c18-11-8-9-13(20(22)23)14(10-11)24-17(21)7-3-6-16-19-12-4-1-2-5-15(12)25-16/h1-2,4-5,8-10H,3,6-7H2. The Kier molecular flexibility index (Phi) is 4.99. The average Bonchev–Trinajstić information content (AvgIpc) is 2.97. The van der Waals surface area contributed by atoms with Gasteiger partial charge in [-0.1, -0.05) is 12.1 Å². The number of ether oxygens (including phenoxy) is 1. The molecule has 0 bridgehead atoms. The monoisotopic (exact) mass is 360 g/mol. The van der Waals surface area contributed by atoms with E-state index in [2.05, 4.69) is 4.98 Å². The largest absolute Gasteiger partial charge is 0.419 e. The van der Waals surface area contributed by atoms with Crippen molar-refractivity contribution >= 4 is 33.2 Å². The number of halogens is 1. The molecule has 0 aliphatic heterocycles. The molecule has 0 unspecified atom stereocenters. The number of thiazole rings is 1. The first-order valence-electron chi connectivity index (χ1n) is 7.52. The summed E-state index contributed by atoms with van der Waals surface area (Å²) in [5, 5.41) is 11.8. The molecule has 3 rings (SSSR count). The topological polar surface area (TPSA) is 82.3 Å². The second-order valence-electron chi connectivity index (χ2n) is 5.27. The molecule has 3 aromatic rings. The highest BCUT2D eigenvalue weighted by Gasteiger charge is 2.19. The third kappa shape index (κ3) is 4.16. The van der Waals surface area contributed by atoms with E-state index in [1.807, 2.05) is 24.3 Å². The minimum absolute atomic E-state index is 0.0591. The zero-order valence-corrected chi connectivity index (χ0v) is 13.8. The number of carbonyl (C=O) groups excluding carboxylic acids is 1. The van der Waals surface area contributed by atoms with Crippen LogP contribution in [0.4, 0.5) is 10.1 Å². The fraction of sp³-hybridized carbons (Fsp3) is 0.176. The van der Waals surface area contributed by atoms with Gasteiger partial charge in [0.15, 0.2) is 0 Å². The molecule has 1 heterocycles. The Morgan fingerprint density at radius 2 is 2.08 bits per heavy atom. The van der Waals surface area contributed by atoms with Crippen molar-refractivity contribution in [2.45, 2.75) is 19.3 Å². The summed E-state index contributed by atoms with van der Waals surface area (Å²) in [6, 6.07) is 10.5. The molecule has 128 valence electrons. The van der Waals surface area contributed by atoms with Crippen molar-refractivity contribution in [2.75, 3.05) is 0 Å². The zero-order valence-electron chi connectivity index (χ0n) is 13.0. The van der Waals surface area contributed by atoms with Crippen LogP contribution in [0.2, 0.25) is 0 Å². The molecule has 0 amide bonds. The van der Waals surface area contributed by atoms with E-state index in [1.54, 1.807) is 11.3 Å². The Morgan fingerprint density at radius 3 is 2.84 bits per heavy atom. The summed E-state index contributed by atoms with van der Waals surface area (Å²) in [6.45, 7) is 0. The van der Waals surface area contributed by atoms with Crippen LogP contribution in [0.1, 0.15) is 17.8 Å². The van der Waals surface area contributed by atoms with Crippen molar-refractivity contribution < 1.29 is 18.8 Å². The highest BCUT2D eigenvalue weighted by Crippen LogP contribution is 2.28. The van der Waals surface area contributed by atoms with E-state index in [0.29, 0.717) is 12.8 Å². The van der Waals surface area contributed by atoms with Crippen LogP contribution >= 0.6 is 11.3 Å². The molecule has 2 aromatic carbocycles. The quantitative estimate of drug-likeness (QED) is 0.284. The lowest BCUT2D eigenvalue weighted by Crippen LogP contribution is -2.09. The minimum Gasteiger partial charge on any atom is -0.419 e. The van der Waals surface area contributed by atoms with Gasteiger partial charge in [-0.2, -0.15) is 0 Å². The van der Waals surface area contributed by atoms with Gasteiger partial charge in [0.1, 0.15) is 5.82 Å². The van der Waals surface area contributed by atoms with Crippen LogP contribution in [0.15, 0.2) is 42.5 Å². The zero-order chi connectivity index (χ0) is 17.8. The molecule has 0 spiro atoms. The first-order valence-corrected chi connectivity index (χ1v) is 8.33. The van der Waals surface area contributed by atoms with Gasteiger partial charge in [0, 0.05) is 18.6 Å². The fourth-order valence-electron chi connectivity index (χ4n) is 2.31. The van der Waals surface area contributed by atoms with Crippen molar-refractivity contribution in [1.82, 2.24) is 4.98 Å². The summed E-state index contributed by atoms with van der Waals surface area (Å²) in [5.41, 5.74) is 0.474. The predicted octanol–water partition coefficient (Wildman–Crippen LogP) is 4.27. The smallest absolute Gasteiger partial charge is 0.311 e. The minimum atomic E-state index is -0.719. The number of nitro groups is 1. The SMILES string of the molecule is O=C(CCCc1nc2ccccc2s1)Oc1cc(F)ccc1[N+](=O)[O-]. The number of carbonyl (C=O) groups is 1. The lowest BCUT2D eigenvalue weighted by atomic mass is 10.2. The average molecular weight is 360 g/mol. The van der Waals surface area contributed by atoms with Gasteiger partial charge < -0.3 is 4.74 Å². The van der Waals surface area contributed by atoms with Gasteiger partial charge in [0.05, 0.1) is 20.1 Å². The van der Waals surface area contributed by atoms with Crippen LogP contribution in [-0.2, 0) is 11.2 Å². The van der Waals surface area contributed by atoms with Gasteiger partial charge >= 0.3 is 11.7 Å². The number of para-hydroxylation sites is 1. The Balaban J connectivity index is 1.58. The molecule has 0 N–H and O–H groups in total. The fourth-order valence-corrected chi connectivity index (χ4v) is 3.31. The summed E-state index contributed by atoms with van der Waals surface area (Å²) < 4.78 is 19.2. The van der Waals surface area contributed by atoms with E-state index in [1.165, 1.54) is 0 Å². The van der Waals surface area contributed by atoms with E-state index in [0.717, 1.165) is 33.4 Å². The number of hydrogen-bond donors (Lipinski definition) is 0. The molecular weight excluding hydrogens is 347 g/mol. The second-order valence-corrected chi connectivity index (χ2v) is 6.39. The van der Waals surface area contributed by atoms with Gasteiger partial charge in [-0.05, 0) is 31.0 Å².